The molecule has 0 aliphatic carbocycles. The van der Waals surface area contributed by atoms with Crippen LogP contribution in [0, 0.1) is 5.41 Å². The summed E-state index contributed by atoms with van der Waals surface area (Å²) in [5.41, 5.74) is 1.18. The Morgan fingerprint density at radius 2 is 2.19 bits per heavy atom. The first-order valence-corrected chi connectivity index (χ1v) is 6.20. The Morgan fingerprint density at radius 1 is 1.50 bits per heavy atom. The van der Waals surface area contributed by atoms with Gasteiger partial charge in [-0.2, -0.15) is 0 Å². The normalized spacial score (nSPS) is 16.0. The van der Waals surface area contributed by atoms with Gasteiger partial charge in [0.1, 0.15) is 0 Å². The minimum absolute atomic E-state index is 0.0209. The van der Waals surface area contributed by atoms with Gasteiger partial charge in [0.25, 0.3) is 5.91 Å². The minimum Gasteiger partial charge on any atom is -0.472 e. The number of ether oxygens (including phenoxy) is 1. The molecule has 1 aliphatic rings. The maximum atomic E-state index is 11.5. The number of carbonyl (C=O) groups excluding carboxylic acids is 1. The van der Waals surface area contributed by atoms with Crippen LogP contribution in [0.25, 0.3) is 0 Å². The molecule has 16 heavy (non-hydrogen) atoms. The van der Waals surface area contributed by atoms with Gasteiger partial charge < -0.3 is 9.64 Å². The molecule has 0 spiro atoms. The zero-order valence-corrected chi connectivity index (χ0v) is 11.0. The quantitative estimate of drug-likeness (QED) is 0.754. The molecule has 0 bridgehead atoms. The maximum Gasteiger partial charge on any atom is 0.264 e. The molecule has 0 unspecified atom stereocenters. The summed E-state index contributed by atoms with van der Waals surface area (Å²) in [7, 11) is 1.80. The third kappa shape index (κ3) is 2.21. The van der Waals surface area contributed by atoms with Crippen LogP contribution in [-0.4, -0.2) is 19.6 Å². The highest BCUT2D eigenvalue weighted by atomic mass is 32.1. The molecule has 0 radical (unpaired) electrons. The molecule has 4 heteroatoms. The van der Waals surface area contributed by atoms with Gasteiger partial charge in [0, 0.05) is 11.9 Å². The lowest BCUT2D eigenvalue weighted by atomic mass is 9.91. The summed E-state index contributed by atoms with van der Waals surface area (Å²) in [4.78, 5) is 14.4. The van der Waals surface area contributed by atoms with Crippen molar-refractivity contribution in [3.05, 3.63) is 10.9 Å². The van der Waals surface area contributed by atoms with E-state index in [0.717, 1.165) is 17.2 Å². The lowest BCUT2D eigenvalue weighted by Gasteiger charge is -2.22. The van der Waals surface area contributed by atoms with Crippen molar-refractivity contribution >= 4 is 22.9 Å². The van der Waals surface area contributed by atoms with Gasteiger partial charge in [-0.1, -0.05) is 20.8 Å². The average Bonchev–Trinajstić information content (AvgIpc) is 2.52. The van der Waals surface area contributed by atoms with Crippen LogP contribution in [0.15, 0.2) is 6.07 Å². The van der Waals surface area contributed by atoms with Crippen molar-refractivity contribution in [2.45, 2.75) is 27.2 Å². The molecule has 1 aliphatic heterocycles. The van der Waals surface area contributed by atoms with E-state index in [1.165, 1.54) is 4.88 Å². The van der Waals surface area contributed by atoms with Gasteiger partial charge in [0.2, 0.25) is 0 Å². The van der Waals surface area contributed by atoms with Crippen LogP contribution in [0.3, 0.4) is 0 Å². The number of amides is 1. The van der Waals surface area contributed by atoms with Crippen molar-refractivity contribution in [2.24, 2.45) is 5.41 Å². The first-order valence-electron chi connectivity index (χ1n) is 5.39. The van der Waals surface area contributed by atoms with Crippen molar-refractivity contribution in [1.29, 1.82) is 0 Å². The molecular formula is C12H17NO2S. The van der Waals surface area contributed by atoms with Crippen molar-refractivity contribution in [3.8, 4) is 5.06 Å². The second kappa shape index (κ2) is 3.77. The zero-order valence-electron chi connectivity index (χ0n) is 10.2. The lowest BCUT2D eigenvalue weighted by molar-refractivity contribution is -0.120. The maximum absolute atomic E-state index is 11.5. The first kappa shape index (κ1) is 11.5. The van der Waals surface area contributed by atoms with Gasteiger partial charge in [0.05, 0.1) is 5.69 Å². The minimum atomic E-state index is 0.0209. The van der Waals surface area contributed by atoms with Gasteiger partial charge >= 0.3 is 0 Å². The molecular weight excluding hydrogens is 222 g/mol. The number of anilines is 1. The van der Waals surface area contributed by atoms with E-state index in [0.29, 0.717) is 0 Å². The number of fused-ring (bicyclic) bond motifs is 1. The Kier molecular flexibility index (Phi) is 2.70. The molecule has 0 fully saturated rings. The first-order chi connectivity index (χ1) is 7.37. The summed E-state index contributed by atoms with van der Waals surface area (Å²) in [5.74, 6) is 0.0209. The van der Waals surface area contributed by atoms with Crippen LogP contribution in [0.5, 0.6) is 5.06 Å². The predicted molar refractivity (Wildman–Crippen MR) is 66.4 cm³/mol. The fraction of sp³-hybridized carbons (Fsp3) is 0.583. The second-order valence-electron chi connectivity index (χ2n) is 5.36. The molecule has 0 atom stereocenters. The molecule has 2 heterocycles. The summed E-state index contributed by atoms with van der Waals surface area (Å²) in [6, 6.07) is 2.07. The zero-order chi connectivity index (χ0) is 11.9. The Morgan fingerprint density at radius 3 is 2.81 bits per heavy atom. The molecule has 1 aromatic heterocycles. The van der Waals surface area contributed by atoms with Gasteiger partial charge in [-0.05, 0) is 17.9 Å². The number of rotatable bonds is 1. The number of nitrogens with zero attached hydrogens (tertiary/aromatic N) is 1. The molecule has 0 saturated heterocycles. The number of carbonyl (C=O) groups is 1. The molecule has 0 saturated carbocycles. The standard InChI is InChI=1S/C12H17NO2S/c1-12(2,3)6-8-5-9-11(16-8)15-7-10(14)13(9)4/h5H,6-7H2,1-4H3. The smallest absolute Gasteiger partial charge is 0.264 e. The van der Waals surface area contributed by atoms with Gasteiger partial charge in [-0.15, -0.1) is 11.3 Å². The molecule has 0 aromatic carbocycles. The summed E-state index contributed by atoms with van der Waals surface area (Å²) in [5, 5.41) is 0.876. The van der Waals surface area contributed by atoms with E-state index in [4.69, 9.17) is 4.74 Å². The van der Waals surface area contributed by atoms with E-state index in [1.54, 1.807) is 23.3 Å². The summed E-state index contributed by atoms with van der Waals surface area (Å²) in [6.45, 7) is 6.79. The molecule has 1 amide bonds. The number of likely N-dealkylation sites (N-methyl/N-ethyl adjacent to an activating group) is 1. The third-order valence-corrected chi connectivity index (χ3v) is 3.53. The summed E-state index contributed by atoms with van der Waals surface area (Å²) in [6.07, 6.45) is 1.01. The van der Waals surface area contributed by atoms with Crippen LogP contribution in [0.4, 0.5) is 5.69 Å². The van der Waals surface area contributed by atoms with Crippen LogP contribution in [0.2, 0.25) is 0 Å². The van der Waals surface area contributed by atoms with E-state index in [1.807, 2.05) is 0 Å². The Labute approximate surface area is 100 Å². The highest BCUT2D eigenvalue weighted by Gasteiger charge is 2.26. The summed E-state index contributed by atoms with van der Waals surface area (Å²) >= 11 is 1.65. The second-order valence-corrected chi connectivity index (χ2v) is 6.46. The van der Waals surface area contributed by atoms with E-state index in [9.17, 15) is 4.79 Å². The largest absolute Gasteiger partial charge is 0.472 e. The number of hydrogen-bond donors (Lipinski definition) is 0. The van der Waals surface area contributed by atoms with E-state index < -0.39 is 0 Å². The lowest BCUT2D eigenvalue weighted by Crippen LogP contribution is -2.34. The predicted octanol–water partition coefficient (Wildman–Crippen LogP) is 2.69. The van der Waals surface area contributed by atoms with Crippen LogP contribution in [0.1, 0.15) is 25.6 Å². The van der Waals surface area contributed by atoms with Crippen LogP contribution in [-0.2, 0) is 11.2 Å². The third-order valence-electron chi connectivity index (χ3n) is 2.50. The van der Waals surface area contributed by atoms with Crippen molar-refractivity contribution in [3.63, 3.8) is 0 Å². The van der Waals surface area contributed by atoms with Gasteiger partial charge in [0.15, 0.2) is 11.7 Å². The SMILES string of the molecule is CN1C(=O)COc2sc(CC(C)(C)C)cc21. The van der Waals surface area contributed by atoms with Crippen LogP contribution < -0.4 is 9.64 Å². The van der Waals surface area contributed by atoms with Gasteiger partial charge in [-0.3, -0.25) is 4.79 Å². The molecule has 0 N–H and O–H groups in total. The molecule has 3 nitrogen and oxygen atoms in total. The fourth-order valence-electron chi connectivity index (χ4n) is 1.72. The van der Waals surface area contributed by atoms with E-state index in [2.05, 4.69) is 26.8 Å². The topological polar surface area (TPSA) is 29.5 Å². The van der Waals surface area contributed by atoms with E-state index >= 15 is 0 Å². The fourth-order valence-corrected chi connectivity index (χ4v) is 3.05. The van der Waals surface area contributed by atoms with Crippen molar-refractivity contribution < 1.29 is 9.53 Å². The Balaban J connectivity index is 2.27. The van der Waals surface area contributed by atoms with E-state index in [-0.39, 0.29) is 17.9 Å². The van der Waals surface area contributed by atoms with Gasteiger partial charge in [-0.25, -0.2) is 0 Å². The van der Waals surface area contributed by atoms with Crippen molar-refractivity contribution in [1.82, 2.24) is 0 Å². The highest BCUT2D eigenvalue weighted by Crippen LogP contribution is 2.41. The Bertz CT molecular complexity index is 417. The molecule has 1 aromatic rings. The summed E-state index contributed by atoms with van der Waals surface area (Å²) < 4.78 is 5.43. The number of thiophene rings is 1. The number of hydrogen-bond acceptors (Lipinski definition) is 3. The van der Waals surface area contributed by atoms with Crippen molar-refractivity contribution in [2.75, 3.05) is 18.6 Å². The van der Waals surface area contributed by atoms with Crippen LogP contribution >= 0.6 is 11.3 Å². The highest BCUT2D eigenvalue weighted by molar-refractivity contribution is 7.14. The Hall–Kier alpha value is -1.03. The monoisotopic (exact) mass is 239 g/mol. The molecule has 88 valence electrons. The molecule has 2 rings (SSSR count). The average molecular weight is 239 g/mol.